The summed E-state index contributed by atoms with van der Waals surface area (Å²) in [6.07, 6.45) is 21.7. The number of esters is 1. The molecule has 0 saturated heterocycles. The van der Waals surface area contributed by atoms with Crippen LogP contribution in [-0.2, 0) is 14.3 Å². The predicted octanol–water partition coefficient (Wildman–Crippen LogP) is 7.29. The highest BCUT2D eigenvalue weighted by molar-refractivity contribution is 5.99. The first-order chi connectivity index (χ1) is 14.6. The lowest BCUT2D eigenvalue weighted by Gasteiger charge is -2.45. The Morgan fingerprint density at radius 1 is 0.800 bits per heavy atom. The summed E-state index contributed by atoms with van der Waals surface area (Å²) in [4.78, 5) is 25.1. The number of unbranched alkanes of at least 4 members (excludes halogenated alkanes) is 11. The van der Waals surface area contributed by atoms with Gasteiger partial charge in [-0.1, -0.05) is 110 Å². The van der Waals surface area contributed by atoms with Crippen molar-refractivity contribution >= 4 is 11.9 Å². The maximum absolute atomic E-state index is 12.9. The van der Waals surface area contributed by atoms with Gasteiger partial charge in [-0.05, 0) is 31.1 Å². The Labute approximate surface area is 184 Å². The molecule has 0 aromatic carbocycles. The molecule has 0 spiro atoms. The maximum atomic E-state index is 12.9. The SMILES string of the molecule is CCCCCCCCCCCCCCOC(=O)C1(C(=O)O)CCCC2CCCCC21. The van der Waals surface area contributed by atoms with E-state index < -0.39 is 17.4 Å². The van der Waals surface area contributed by atoms with Crippen molar-refractivity contribution in [1.82, 2.24) is 0 Å². The summed E-state index contributed by atoms with van der Waals surface area (Å²) in [5.74, 6) is -1.02. The van der Waals surface area contributed by atoms with Crippen molar-refractivity contribution in [3.63, 3.8) is 0 Å². The fraction of sp³-hybridized carbons (Fsp3) is 0.923. The van der Waals surface area contributed by atoms with Crippen LogP contribution < -0.4 is 0 Å². The molecule has 0 aromatic heterocycles. The second kappa shape index (κ2) is 14.1. The fourth-order valence-corrected chi connectivity index (χ4v) is 5.87. The van der Waals surface area contributed by atoms with Gasteiger partial charge >= 0.3 is 11.9 Å². The molecule has 2 aliphatic rings. The van der Waals surface area contributed by atoms with Crippen molar-refractivity contribution in [2.24, 2.45) is 17.3 Å². The van der Waals surface area contributed by atoms with Crippen LogP contribution in [0.2, 0.25) is 0 Å². The number of carbonyl (C=O) groups excluding carboxylic acids is 1. The molecule has 2 aliphatic carbocycles. The van der Waals surface area contributed by atoms with E-state index in [0.717, 1.165) is 44.9 Å². The summed E-state index contributed by atoms with van der Waals surface area (Å²) in [6.45, 7) is 2.63. The van der Waals surface area contributed by atoms with Gasteiger partial charge in [-0.25, -0.2) is 0 Å². The summed E-state index contributed by atoms with van der Waals surface area (Å²) >= 11 is 0. The number of carbonyl (C=O) groups is 2. The van der Waals surface area contributed by atoms with E-state index in [-0.39, 0.29) is 5.92 Å². The molecule has 3 unspecified atom stereocenters. The highest BCUT2D eigenvalue weighted by Gasteiger charge is 2.57. The van der Waals surface area contributed by atoms with E-state index in [0.29, 0.717) is 18.9 Å². The average molecular weight is 423 g/mol. The molecule has 2 rings (SSSR count). The predicted molar refractivity (Wildman–Crippen MR) is 121 cm³/mol. The zero-order chi connectivity index (χ0) is 21.7. The fourth-order valence-electron chi connectivity index (χ4n) is 5.87. The van der Waals surface area contributed by atoms with Crippen molar-refractivity contribution in [3.05, 3.63) is 0 Å². The van der Waals surface area contributed by atoms with E-state index in [1.54, 1.807) is 0 Å². The second-order valence-corrected chi connectivity index (χ2v) is 9.84. The van der Waals surface area contributed by atoms with Gasteiger partial charge in [-0.2, -0.15) is 0 Å². The summed E-state index contributed by atoms with van der Waals surface area (Å²) in [7, 11) is 0. The van der Waals surface area contributed by atoms with Gasteiger partial charge in [-0.15, -0.1) is 0 Å². The van der Waals surface area contributed by atoms with Gasteiger partial charge in [0.25, 0.3) is 0 Å². The highest BCUT2D eigenvalue weighted by Crippen LogP contribution is 2.51. The van der Waals surface area contributed by atoms with Crippen LogP contribution in [0.1, 0.15) is 129 Å². The molecule has 3 atom stereocenters. The van der Waals surface area contributed by atoms with Gasteiger partial charge in [0, 0.05) is 0 Å². The Kier molecular flexibility index (Phi) is 11.8. The van der Waals surface area contributed by atoms with Crippen molar-refractivity contribution < 1.29 is 19.4 Å². The molecule has 174 valence electrons. The number of rotatable bonds is 15. The van der Waals surface area contributed by atoms with Crippen LogP contribution in [0.3, 0.4) is 0 Å². The maximum Gasteiger partial charge on any atom is 0.323 e. The molecule has 4 nitrogen and oxygen atoms in total. The van der Waals surface area contributed by atoms with Gasteiger partial charge in [0.2, 0.25) is 0 Å². The van der Waals surface area contributed by atoms with Gasteiger partial charge in [0.05, 0.1) is 6.61 Å². The average Bonchev–Trinajstić information content (AvgIpc) is 2.76. The molecule has 0 aliphatic heterocycles. The Balaban J connectivity index is 1.59. The molecular formula is C26H46O4. The molecule has 4 heteroatoms. The molecule has 2 saturated carbocycles. The molecule has 0 heterocycles. The Hall–Kier alpha value is -1.06. The van der Waals surface area contributed by atoms with E-state index in [1.807, 2.05) is 0 Å². The second-order valence-electron chi connectivity index (χ2n) is 9.84. The van der Waals surface area contributed by atoms with Crippen LogP contribution in [0.4, 0.5) is 0 Å². The lowest BCUT2D eigenvalue weighted by Crippen LogP contribution is -2.52. The number of carboxylic acids is 1. The van der Waals surface area contributed by atoms with E-state index in [4.69, 9.17) is 4.74 Å². The number of hydrogen-bond acceptors (Lipinski definition) is 3. The summed E-state index contributed by atoms with van der Waals surface area (Å²) in [5.41, 5.74) is -1.28. The standard InChI is InChI=1S/C26H46O4/c1-2-3-4-5-6-7-8-9-10-11-12-15-21-30-25(29)26(24(27)28)20-16-18-22-17-13-14-19-23(22)26/h22-23H,2-21H2,1H3,(H,27,28). The molecule has 2 fully saturated rings. The van der Waals surface area contributed by atoms with Gasteiger partial charge in [0.1, 0.15) is 0 Å². The van der Waals surface area contributed by atoms with E-state index in [1.165, 1.54) is 70.6 Å². The van der Waals surface area contributed by atoms with E-state index in [9.17, 15) is 14.7 Å². The van der Waals surface area contributed by atoms with Crippen LogP contribution in [0.5, 0.6) is 0 Å². The quantitative estimate of drug-likeness (QED) is 0.171. The lowest BCUT2D eigenvalue weighted by molar-refractivity contribution is -0.181. The van der Waals surface area contributed by atoms with Crippen LogP contribution in [0.15, 0.2) is 0 Å². The number of hydrogen-bond donors (Lipinski definition) is 1. The van der Waals surface area contributed by atoms with Crippen molar-refractivity contribution in [2.45, 2.75) is 129 Å². The minimum Gasteiger partial charge on any atom is -0.480 e. The number of carboxylic acid groups (broad SMARTS) is 1. The Bertz CT molecular complexity index is 501. The molecule has 0 radical (unpaired) electrons. The third kappa shape index (κ3) is 7.27. The third-order valence-electron chi connectivity index (χ3n) is 7.67. The summed E-state index contributed by atoms with van der Waals surface area (Å²) in [6, 6.07) is 0. The van der Waals surface area contributed by atoms with Crippen LogP contribution in [0, 0.1) is 17.3 Å². The first-order valence-electron chi connectivity index (χ1n) is 13.0. The molecule has 0 amide bonds. The Morgan fingerprint density at radius 3 is 1.93 bits per heavy atom. The van der Waals surface area contributed by atoms with Crippen molar-refractivity contribution in [3.8, 4) is 0 Å². The van der Waals surface area contributed by atoms with E-state index in [2.05, 4.69) is 6.92 Å². The minimum absolute atomic E-state index is 0.0213. The number of fused-ring (bicyclic) bond motifs is 1. The van der Waals surface area contributed by atoms with Crippen LogP contribution in [-0.4, -0.2) is 23.7 Å². The number of aliphatic carboxylic acids is 1. The number of ether oxygens (including phenoxy) is 1. The smallest absolute Gasteiger partial charge is 0.323 e. The van der Waals surface area contributed by atoms with Crippen molar-refractivity contribution in [2.75, 3.05) is 6.61 Å². The molecular weight excluding hydrogens is 376 g/mol. The minimum atomic E-state index is -1.28. The van der Waals surface area contributed by atoms with E-state index >= 15 is 0 Å². The summed E-state index contributed by atoms with van der Waals surface area (Å²) in [5, 5.41) is 10.0. The molecule has 30 heavy (non-hydrogen) atoms. The van der Waals surface area contributed by atoms with Gasteiger partial charge in [-0.3, -0.25) is 9.59 Å². The topological polar surface area (TPSA) is 63.6 Å². The Morgan fingerprint density at radius 2 is 1.33 bits per heavy atom. The van der Waals surface area contributed by atoms with Crippen molar-refractivity contribution in [1.29, 1.82) is 0 Å². The zero-order valence-corrected chi connectivity index (χ0v) is 19.5. The molecule has 1 N–H and O–H groups in total. The summed E-state index contributed by atoms with van der Waals surface area (Å²) < 4.78 is 5.57. The first-order valence-corrected chi connectivity index (χ1v) is 13.0. The van der Waals surface area contributed by atoms with Crippen LogP contribution in [0.25, 0.3) is 0 Å². The van der Waals surface area contributed by atoms with Gasteiger partial charge < -0.3 is 9.84 Å². The third-order valence-corrected chi connectivity index (χ3v) is 7.67. The first kappa shape index (κ1) is 25.2. The molecule has 0 bridgehead atoms. The highest BCUT2D eigenvalue weighted by atomic mass is 16.5. The lowest BCUT2D eigenvalue weighted by atomic mass is 9.57. The molecule has 0 aromatic rings. The monoisotopic (exact) mass is 422 g/mol. The van der Waals surface area contributed by atoms with Crippen LogP contribution >= 0.6 is 0 Å². The van der Waals surface area contributed by atoms with Gasteiger partial charge in [0.15, 0.2) is 5.41 Å². The largest absolute Gasteiger partial charge is 0.480 e. The zero-order valence-electron chi connectivity index (χ0n) is 19.5. The normalized spacial score (nSPS) is 26.2.